The van der Waals surface area contributed by atoms with E-state index in [-0.39, 0.29) is 5.12 Å². The van der Waals surface area contributed by atoms with Gasteiger partial charge in [-0.05, 0) is 22.4 Å². The lowest BCUT2D eigenvalue weighted by Gasteiger charge is -2.02. The van der Waals surface area contributed by atoms with Gasteiger partial charge in [0.1, 0.15) is 10.8 Å². The van der Waals surface area contributed by atoms with Gasteiger partial charge >= 0.3 is 0 Å². The molecule has 2 nitrogen and oxygen atoms in total. The quantitative estimate of drug-likeness (QED) is 0.675. The van der Waals surface area contributed by atoms with Crippen molar-refractivity contribution >= 4 is 26.7 Å². The molecule has 1 aliphatic rings. The highest BCUT2D eigenvalue weighted by molar-refractivity contribution is 8.00. The van der Waals surface area contributed by atoms with Crippen LogP contribution >= 0.6 is 0 Å². The van der Waals surface area contributed by atoms with Crippen LogP contribution in [0, 0.1) is 0 Å². The average molecular weight is 216 g/mol. The van der Waals surface area contributed by atoms with Crippen LogP contribution in [0.5, 0.6) is 0 Å². The molecule has 0 bridgehead atoms. The molecule has 15 heavy (non-hydrogen) atoms. The molecule has 0 fully saturated rings. The van der Waals surface area contributed by atoms with Crippen molar-refractivity contribution in [2.75, 3.05) is 0 Å². The van der Waals surface area contributed by atoms with Gasteiger partial charge in [0.2, 0.25) is 5.12 Å². The molecule has 0 aliphatic carbocycles. The van der Waals surface area contributed by atoms with Gasteiger partial charge in [0.05, 0.1) is 4.90 Å². The molecule has 74 valence electrons. The molecule has 3 rings (SSSR count). The van der Waals surface area contributed by atoms with Crippen LogP contribution in [0.2, 0.25) is 0 Å². The van der Waals surface area contributed by atoms with Gasteiger partial charge in [0, 0.05) is 6.42 Å². The third-order valence-corrected chi connectivity index (χ3v) is 4.07. The van der Waals surface area contributed by atoms with Gasteiger partial charge in [-0.25, -0.2) is 4.21 Å². The smallest absolute Gasteiger partial charge is 0.228 e. The van der Waals surface area contributed by atoms with Crippen molar-refractivity contribution in [1.82, 2.24) is 0 Å². The van der Waals surface area contributed by atoms with E-state index in [4.69, 9.17) is 0 Å². The van der Waals surface area contributed by atoms with Crippen LogP contribution in [0.25, 0.3) is 10.8 Å². The first-order chi connectivity index (χ1) is 7.27. The first kappa shape index (κ1) is 8.80. The molecule has 0 aromatic heterocycles. The number of hydrogen-bond acceptors (Lipinski definition) is 2. The lowest BCUT2D eigenvalue weighted by molar-refractivity contribution is -0.110. The molecule has 1 unspecified atom stereocenters. The highest BCUT2D eigenvalue weighted by Crippen LogP contribution is 2.30. The van der Waals surface area contributed by atoms with Crippen molar-refractivity contribution in [3.8, 4) is 0 Å². The standard InChI is InChI=1S/C12H8O2S/c13-12-7-10-9-4-2-1-3-8(9)5-6-11(10)15(12)14/h1-6H,7H2. The summed E-state index contributed by atoms with van der Waals surface area (Å²) in [5, 5.41) is 1.97. The zero-order valence-electron chi connectivity index (χ0n) is 7.90. The first-order valence-electron chi connectivity index (χ1n) is 4.72. The summed E-state index contributed by atoms with van der Waals surface area (Å²) in [5.74, 6) is 0. The Morgan fingerprint density at radius 3 is 2.73 bits per heavy atom. The van der Waals surface area contributed by atoms with E-state index >= 15 is 0 Å². The number of benzene rings is 2. The Hall–Kier alpha value is -1.48. The Labute approximate surface area is 89.4 Å². The molecule has 2 aromatic rings. The summed E-state index contributed by atoms with van der Waals surface area (Å²) in [6.07, 6.45) is 0.309. The van der Waals surface area contributed by atoms with Crippen molar-refractivity contribution in [1.29, 1.82) is 0 Å². The van der Waals surface area contributed by atoms with E-state index < -0.39 is 10.8 Å². The second kappa shape index (κ2) is 3.00. The Kier molecular flexibility index (Phi) is 1.76. The molecule has 0 amide bonds. The van der Waals surface area contributed by atoms with Gasteiger partial charge in [0.25, 0.3) is 0 Å². The number of carbonyl (C=O) groups excluding carboxylic acids is 1. The van der Waals surface area contributed by atoms with Crippen molar-refractivity contribution < 1.29 is 9.00 Å². The molecule has 0 N–H and O–H groups in total. The number of fused-ring (bicyclic) bond motifs is 3. The minimum Gasteiger partial charge on any atom is -0.284 e. The third kappa shape index (κ3) is 1.16. The number of rotatable bonds is 0. The summed E-state index contributed by atoms with van der Waals surface area (Å²) in [4.78, 5) is 12.1. The SMILES string of the molecule is O=C1Cc2c(ccc3ccccc23)S1=O. The second-order valence-electron chi connectivity index (χ2n) is 3.58. The van der Waals surface area contributed by atoms with Gasteiger partial charge in [-0.1, -0.05) is 30.3 Å². The number of carbonyl (C=O) groups is 1. The van der Waals surface area contributed by atoms with Crippen molar-refractivity contribution in [2.24, 2.45) is 0 Å². The van der Waals surface area contributed by atoms with E-state index in [2.05, 4.69) is 0 Å². The van der Waals surface area contributed by atoms with Crippen LogP contribution in [0.4, 0.5) is 0 Å². The lowest BCUT2D eigenvalue weighted by atomic mass is 10.0. The van der Waals surface area contributed by atoms with Crippen LogP contribution in [-0.2, 0) is 22.0 Å². The molecule has 0 saturated heterocycles. The maximum atomic E-state index is 11.6. The normalized spacial score (nSPS) is 19.5. The molecular formula is C12H8O2S. The van der Waals surface area contributed by atoms with E-state index in [0.29, 0.717) is 11.3 Å². The van der Waals surface area contributed by atoms with Crippen LogP contribution in [0.3, 0.4) is 0 Å². The topological polar surface area (TPSA) is 34.1 Å². The summed E-state index contributed by atoms with van der Waals surface area (Å²) in [6, 6.07) is 11.6. The van der Waals surface area contributed by atoms with Gasteiger partial charge in [0.15, 0.2) is 0 Å². The molecule has 1 heterocycles. The van der Waals surface area contributed by atoms with E-state index in [1.807, 2.05) is 30.3 Å². The summed E-state index contributed by atoms with van der Waals surface area (Å²) in [5.41, 5.74) is 0.941. The van der Waals surface area contributed by atoms with E-state index in [9.17, 15) is 9.00 Å². The fourth-order valence-corrected chi connectivity index (χ4v) is 3.12. The Morgan fingerprint density at radius 2 is 1.87 bits per heavy atom. The molecule has 0 radical (unpaired) electrons. The molecule has 1 aliphatic heterocycles. The summed E-state index contributed by atoms with van der Waals surface area (Å²) in [7, 11) is -1.44. The van der Waals surface area contributed by atoms with Crippen LogP contribution < -0.4 is 0 Å². The third-order valence-electron chi connectivity index (χ3n) is 2.73. The largest absolute Gasteiger partial charge is 0.284 e. The first-order valence-corrected chi connectivity index (χ1v) is 5.87. The van der Waals surface area contributed by atoms with Crippen molar-refractivity contribution in [3.63, 3.8) is 0 Å². The van der Waals surface area contributed by atoms with Crippen LogP contribution in [0.1, 0.15) is 5.56 Å². The monoisotopic (exact) mass is 216 g/mol. The minimum absolute atomic E-state index is 0.179. The minimum atomic E-state index is -1.44. The maximum Gasteiger partial charge on any atom is 0.228 e. The predicted molar refractivity (Wildman–Crippen MR) is 59.1 cm³/mol. The van der Waals surface area contributed by atoms with Crippen molar-refractivity contribution in [3.05, 3.63) is 42.0 Å². The molecule has 0 saturated carbocycles. The summed E-state index contributed by atoms with van der Waals surface area (Å²) in [6.45, 7) is 0. The highest BCUT2D eigenvalue weighted by Gasteiger charge is 2.27. The van der Waals surface area contributed by atoms with Crippen molar-refractivity contribution in [2.45, 2.75) is 11.3 Å². The maximum absolute atomic E-state index is 11.6. The van der Waals surface area contributed by atoms with Gasteiger partial charge < -0.3 is 0 Å². The molecule has 3 heteroatoms. The summed E-state index contributed by atoms with van der Waals surface area (Å²) < 4.78 is 11.6. The Balaban J connectivity index is 2.43. The fourth-order valence-electron chi connectivity index (χ4n) is 2.00. The molecule has 2 aromatic carbocycles. The Bertz CT molecular complexity index is 602. The van der Waals surface area contributed by atoms with Gasteiger partial charge in [-0.3, -0.25) is 4.79 Å². The zero-order chi connectivity index (χ0) is 10.4. The lowest BCUT2D eigenvalue weighted by Crippen LogP contribution is -1.98. The van der Waals surface area contributed by atoms with Gasteiger partial charge in [-0.15, -0.1) is 0 Å². The van der Waals surface area contributed by atoms with E-state index in [1.54, 1.807) is 6.07 Å². The van der Waals surface area contributed by atoms with Crippen LogP contribution in [0.15, 0.2) is 41.3 Å². The molecular weight excluding hydrogens is 208 g/mol. The van der Waals surface area contributed by atoms with E-state index in [1.165, 1.54) is 0 Å². The van der Waals surface area contributed by atoms with Gasteiger partial charge in [-0.2, -0.15) is 0 Å². The predicted octanol–water partition coefficient (Wildman–Crippen LogP) is 2.03. The zero-order valence-corrected chi connectivity index (χ0v) is 8.71. The fraction of sp³-hybridized carbons (Fsp3) is 0.0833. The highest BCUT2D eigenvalue weighted by atomic mass is 32.2. The molecule has 1 atom stereocenters. The number of hydrogen-bond donors (Lipinski definition) is 0. The Morgan fingerprint density at radius 1 is 1.07 bits per heavy atom. The second-order valence-corrected chi connectivity index (χ2v) is 5.01. The average Bonchev–Trinajstić information content (AvgIpc) is 2.56. The van der Waals surface area contributed by atoms with Crippen LogP contribution in [-0.4, -0.2) is 9.32 Å². The molecule has 0 spiro atoms. The van der Waals surface area contributed by atoms with E-state index in [0.717, 1.165) is 16.3 Å². The summed E-state index contributed by atoms with van der Waals surface area (Å²) >= 11 is 0.